The van der Waals surface area contributed by atoms with Crippen LogP contribution in [0.15, 0.2) is 6.07 Å². The summed E-state index contributed by atoms with van der Waals surface area (Å²) >= 11 is 1.36. The number of aryl methyl sites for hydroxylation is 2. The number of amides is 1. The van der Waals surface area contributed by atoms with Crippen molar-refractivity contribution in [1.82, 2.24) is 9.78 Å². The molecular weight excluding hydrogens is 314 g/mol. The van der Waals surface area contributed by atoms with Gasteiger partial charge < -0.3 is 10.1 Å². The zero-order chi connectivity index (χ0) is 17.3. The lowest BCUT2D eigenvalue weighted by molar-refractivity contribution is 0.0601. The van der Waals surface area contributed by atoms with Crippen LogP contribution in [-0.4, -0.2) is 28.8 Å². The molecule has 0 atom stereocenters. The Morgan fingerprint density at radius 1 is 1.30 bits per heavy atom. The minimum atomic E-state index is -0.453. The fourth-order valence-corrected chi connectivity index (χ4v) is 3.40. The molecule has 7 heteroatoms. The number of ether oxygens (including phenoxy) is 1. The third kappa shape index (κ3) is 3.29. The lowest BCUT2D eigenvalue weighted by Gasteiger charge is -2.07. The van der Waals surface area contributed by atoms with E-state index in [9.17, 15) is 9.59 Å². The van der Waals surface area contributed by atoms with Crippen LogP contribution in [0.2, 0.25) is 0 Å². The first-order valence-corrected chi connectivity index (χ1v) is 8.13. The Balaban J connectivity index is 2.32. The number of hydrogen-bond donors (Lipinski definition) is 1. The standard InChI is InChI=1S/C16H21N3O3S/c1-8(2)19-9(3)7-12(18-19)14(20)17-15-13(16(21)22-6)10(4)11(5)23-15/h7-8H,1-6H3,(H,17,20). The molecule has 124 valence electrons. The summed E-state index contributed by atoms with van der Waals surface area (Å²) in [5, 5.41) is 7.60. The van der Waals surface area contributed by atoms with Gasteiger partial charge in [-0.3, -0.25) is 9.48 Å². The zero-order valence-corrected chi connectivity index (χ0v) is 15.0. The monoisotopic (exact) mass is 335 g/mol. The van der Waals surface area contributed by atoms with Crippen molar-refractivity contribution in [2.24, 2.45) is 0 Å². The summed E-state index contributed by atoms with van der Waals surface area (Å²) < 4.78 is 6.60. The van der Waals surface area contributed by atoms with E-state index in [2.05, 4.69) is 10.4 Å². The van der Waals surface area contributed by atoms with Gasteiger partial charge in [-0.15, -0.1) is 11.3 Å². The molecule has 0 radical (unpaired) electrons. The highest BCUT2D eigenvalue weighted by atomic mass is 32.1. The molecule has 23 heavy (non-hydrogen) atoms. The average Bonchev–Trinajstić information content (AvgIpc) is 3.00. The Bertz CT molecular complexity index is 759. The molecular formula is C16H21N3O3S. The van der Waals surface area contributed by atoms with Gasteiger partial charge in [-0.2, -0.15) is 5.10 Å². The molecule has 2 aromatic heterocycles. The van der Waals surface area contributed by atoms with Crippen molar-refractivity contribution in [1.29, 1.82) is 0 Å². The molecule has 0 saturated carbocycles. The summed E-state index contributed by atoms with van der Waals surface area (Å²) in [6, 6.07) is 1.91. The average molecular weight is 335 g/mol. The van der Waals surface area contributed by atoms with E-state index in [1.807, 2.05) is 34.6 Å². The quantitative estimate of drug-likeness (QED) is 0.868. The first kappa shape index (κ1) is 17.2. The molecule has 0 saturated heterocycles. The van der Waals surface area contributed by atoms with E-state index in [0.29, 0.717) is 16.3 Å². The van der Waals surface area contributed by atoms with E-state index in [-0.39, 0.29) is 11.9 Å². The number of carbonyl (C=O) groups is 2. The van der Waals surface area contributed by atoms with Crippen molar-refractivity contribution >= 4 is 28.2 Å². The third-order valence-corrected chi connectivity index (χ3v) is 4.77. The second kappa shape index (κ2) is 6.54. The van der Waals surface area contributed by atoms with Crippen molar-refractivity contribution < 1.29 is 14.3 Å². The Morgan fingerprint density at radius 3 is 2.48 bits per heavy atom. The van der Waals surface area contributed by atoms with Gasteiger partial charge >= 0.3 is 5.97 Å². The normalized spacial score (nSPS) is 10.9. The number of rotatable bonds is 4. The number of aromatic nitrogens is 2. The summed E-state index contributed by atoms with van der Waals surface area (Å²) in [6.45, 7) is 9.65. The highest BCUT2D eigenvalue weighted by molar-refractivity contribution is 7.16. The van der Waals surface area contributed by atoms with E-state index in [1.54, 1.807) is 10.7 Å². The maximum atomic E-state index is 12.5. The zero-order valence-electron chi connectivity index (χ0n) is 14.2. The van der Waals surface area contributed by atoms with Gasteiger partial charge in [0, 0.05) is 16.6 Å². The minimum absolute atomic E-state index is 0.174. The van der Waals surface area contributed by atoms with Crippen molar-refractivity contribution in [2.45, 2.75) is 40.7 Å². The van der Waals surface area contributed by atoms with Crippen LogP contribution in [0.5, 0.6) is 0 Å². The van der Waals surface area contributed by atoms with Gasteiger partial charge in [-0.05, 0) is 46.2 Å². The fraction of sp³-hybridized carbons (Fsp3) is 0.438. The number of anilines is 1. The summed E-state index contributed by atoms with van der Waals surface area (Å²) in [6.07, 6.45) is 0. The Kier molecular flexibility index (Phi) is 4.89. The van der Waals surface area contributed by atoms with Crippen LogP contribution < -0.4 is 5.32 Å². The fourth-order valence-electron chi connectivity index (χ4n) is 2.35. The van der Waals surface area contributed by atoms with Gasteiger partial charge in [0.1, 0.15) is 5.00 Å². The molecule has 2 heterocycles. The smallest absolute Gasteiger partial charge is 0.341 e. The van der Waals surface area contributed by atoms with E-state index in [4.69, 9.17) is 4.74 Å². The second-order valence-electron chi connectivity index (χ2n) is 5.64. The molecule has 6 nitrogen and oxygen atoms in total. The molecule has 0 spiro atoms. The molecule has 0 aliphatic rings. The first-order chi connectivity index (χ1) is 10.8. The number of esters is 1. The van der Waals surface area contributed by atoms with E-state index in [1.165, 1.54) is 18.4 Å². The molecule has 1 amide bonds. The second-order valence-corrected chi connectivity index (χ2v) is 6.87. The van der Waals surface area contributed by atoms with Crippen LogP contribution in [0, 0.1) is 20.8 Å². The minimum Gasteiger partial charge on any atom is -0.465 e. The Hall–Kier alpha value is -2.15. The molecule has 0 aliphatic carbocycles. The molecule has 0 aliphatic heterocycles. The number of hydrogen-bond acceptors (Lipinski definition) is 5. The van der Waals surface area contributed by atoms with Crippen molar-refractivity contribution in [3.05, 3.63) is 33.5 Å². The van der Waals surface area contributed by atoms with E-state index < -0.39 is 5.97 Å². The number of carbonyl (C=O) groups excluding carboxylic acids is 2. The molecule has 0 fully saturated rings. The van der Waals surface area contributed by atoms with Gasteiger partial charge in [-0.1, -0.05) is 0 Å². The summed E-state index contributed by atoms with van der Waals surface area (Å²) in [5.74, 6) is -0.787. The number of thiophene rings is 1. The van der Waals surface area contributed by atoms with Crippen LogP contribution in [0.4, 0.5) is 5.00 Å². The first-order valence-electron chi connectivity index (χ1n) is 7.32. The predicted molar refractivity (Wildman–Crippen MR) is 90.4 cm³/mol. The number of nitrogens with zero attached hydrogens (tertiary/aromatic N) is 2. The summed E-state index contributed by atoms with van der Waals surface area (Å²) in [7, 11) is 1.33. The maximum absolute atomic E-state index is 12.5. The van der Waals surface area contributed by atoms with Crippen LogP contribution in [0.3, 0.4) is 0 Å². The van der Waals surface area contributed by atoms with Crippen molar-refractivity contribution in [3.8, 4) is 0 Å². The summed E-state index contributed by atoms with van der Waals surface area (Å²) in [4.78, 5) is 25.4. The van der Waals surface area contributed by atoms with Crippen LogP contribution in [0.25, 0.3) is 0 Å². The van der Waals surface area contributed by atoms with Crippen LogP contribution >= 0.6 is 11.3 Å². The Morgan fingerprint density at radius 2 is 1.96 bits per heavy atom. The Labute approximate surface area is 139 Å². The molecule has 1 N–H and O–H groups in total. The predicted octanol–water partition coefficient (Wildman–Crippen LogP) is 3.49. The third-order valence-electron chi connectivity index (χ3n) is 3.65. The van der Waals surface area contributed by atoms with Gasteiger partial charge in [0.15, 0.2) is 5.69 Å². The van der Waals surface area contributed by atoms with Gasteiger partial charge in [0.05, 0.1) is 12.7 Å². The lowest BCUT2D eigenvalue weighted by Crippen LogP contribution is -2.15. The molecule has 0 unspecified atom stereocenters. The van der Waals surface area contributed by atoms with Gasteiger partial charge in [-0.25, -0.2) is 4.79 Å². The molecule has 0 aromatic carbocycles. The van der Waals surface area contributed by atoms with E-state index in [0.717, 1.165) is 16.1 Å². The molecule has 2 rings (SSSR count). The van der Waals surface area contributed by atoms with Gasteiger partial charge in [0.2, 0.25) is 0 Å². The topological polar surface area (TPSA) is 73.2 Å². The summed E-state index contributed by atoms with van der Waals surface area (Å²) in [5.41, 5.74) is 2.47. The highest BCUT2D eigenvalue weighted by Crippen LogP contribution is 2.33. The van der Waals surface area contributed by atoms with E-state index >= 15 is 0 Å². The molecule has 2 aromatic rings. The van der Waals surface area contributed by atoms with Crippen molar-refractivity contribution in [2.75, 3.05) is 12.4 Å². The van der Waals surface area contributed by atoms with Gasteiger partial charge in [0.25, 0.3) is 5.91 Å². The molecule has 0 bridgehead atoms. The largest absolute Gasteiger partial charge is 0.465 e. The number of nitrogens with one attached hydrogen (secondary N) is 1. The van der Waals surface area contributed by atoms with Crippen molar-refractivity contribution in [3.63, 3.8) is 0 Å². The maximum Gasteiger partial charge on any atom is 0.341 e. The SMILES string of the molecule is COC(=O)c1c(NC(=O)c2cc(C)n(C(C)C)n2)sc(C)c1C. The highest BCUT2D eigenvalue weighted by Gasteiger charge is 2.23. The number of methoxy groups -OCH3 is 1. The van der Waals surface area contributed by atoms with Crippen LogP contribution in [-0.2, 0) is 4.74 Å². The lowest BCUT2D eigenvalue weighted by atomic mass is 10.1. The van der Waals surface area contributed by atoms with Crippen LogP contribution in [0.1, 0.15) is 56.9 Å².